The molecule has 0 spiro atoms. The van der Waals surface area contributed by atoms with Gasteiger partial charge in [0.25, 0.3) is 0 Å². The van der Waals surface area contributed by atoms with E-state index in [0.29, 0.717) is 5.02 Å². The molecular formula is C25H34ClN3O4S. The van der Waals surface area contributed by atoms with Gasteiger partial charge in [0.05, 0.1) is 11.9 Å². The van der Waals surface area contributed by atoms with Crippen LogP contribution in [-0.2, 0) is 26.2 Å². The number of sulfonamides is 1. The van der Waals surface area contributed by atoms with Gasteiger partial charge >= 0.3 is 0 Å². The summed E-state index contributed by atoms with van der Waals surface area (Å²) in [6.07, 6.45) is 1.04. The molecule has 34 heavy (non-hydrogen) atoms. The Hall–Kier alpha value is -2.58. The van der Waals surface area contributed by atoms with Crippen LogP contribution < -0.4 is 9.62 Å². The van der Waals surface area contributed by atoms with Crippen LogP contribution in [-0.4, -0.2) is 49.5 Å². The van der Waals surface area contributed by atoms with Crippen molar-refractivity contribution in [2.75, 3.05) is 17.1 Å². The van der Waals surface area contributed by atoms with Crippen molar-refractivity contribution in [1.82, 2.24) is 10.2 Å². The molecule has 0 heterocycles. The molecule has 2 aromatic carbocycles. The molecule has 0 saturated heterocycles. The van der Waals surface area contributed by atoms with Crippen molar-refractivity contribution in [3.8, 4) is 0 Å². The van der Waals surface area contributed by atoms with Crippen molar-refractivity contribution in [2.45, 2.75) is 59.7 Å². The summed E-state index contributed by atoms with van der Waals surface area (Å²) in [5.74, 6) is -0.821. The number of nitrogens with zero attached hydrogens (tertiary/aromatic N) is 2. The number of carbonyl (C=O) groups excluding carboxylic acids is 2. The molecule has 0 aliphatic rings. The monoisotopic (exact) mass is 507 g/mol. The van der Waals surface area contributed by atoms with Gasteiger partial charge in [-0.25, -0.2) is 8.42 Å². The van der Waals surface area contributed by atoms with Gasteiger partial charge in [-0.1, -0.05) is 47.5 Å². The number of benzene rings is 2. The molecular weight excluding hydrogens is 474 g/mol. The summed E-state index contributed by atoms with van der Waals surface area (Å²) in [4.78, 5) is 27.9. The van der Waals surface area contributed by atoms with E-state index in [9.17, 15) is 18.0 Å². The van der Waals surface area contributed by atoms with E-state index >= 15 is 0 Å². The second-order valence-electron chi connectivity index (χ2n) is 9.63. The first-order valence-electron chi connectivity index (χ1n) is 11.0. The number of carbonyl (C=O) groups is 2. The van der Waals surface area contributed by atoms with Gasteiger partial charge in [-0.05, 0) is 64.8 Å². The lowest BCUT2D eigenvalue weighted by atomic mass is 10.1. The van der Waals surface area contributed by atoms with Gasteiger partial charge in [0, 0.05) is 17.1 Å². The van der Waals surface area contributed by atoms with Crippen molar-refractivity contribution in [3.63, 3.8) is 0 Å². The first kappa shape index (κ1) is 27.7. The highest BCUT2D eigenvalue weighted by atomic mass is 35.5. The van der Waals surface area contributed by atoms with Crippen molar-refractivity contribution in [1.29, 1.82) is 0 Å². The minimum Gasteiger partial charge on any atom is -0.350 e. The van der Waals surface area contributed by atoms with E-state index in [2.05, 4.69) is 5.32 Å². The predicted molar refractivity (Wildman–Crippen MR) is 137 cm³/mol. The first-order chi connectivity index (χ1) is 15.6. The standard InChI is InChI=1S/C25H34ClN3O4S/c1-17-9-8-10-20(13-17)15-28(19(3)24(31)27-25(4,5)6)23(30)16-29(34(7,32)33)21-12-11-18(2)22(26)14-21/h8-14,19H,15-16H2,1-7H3,(H,27,31)/t19-/m0/s1. The maximum Gasteiger partial charge on any atom is 0.244 e. The Morgan fingerprint density at radius 1 is 1.09 bits per heavy atom. The molecule has 2 amide bonds. The van der Waals surface area contributed by atoms with Crippen LogP contribution in [0.1, 0.15) is 44.4 Å². The summed E-state index contributed by atoms with van der Waals surface area (Å²) >= 11 is 6.21. The molecule has 0 bridgehead atoms. The maximum absolute atomic E-state index is 13.5. The second-order valence-corrected chi connectivity index (χ2v) is 11.9. The molecule has 0 aliphatic heterocycles. The summed E-state index contributed by atoms with van der Waals surface area (Å²) in [5, 5.41) is 3.29. The normalized spacial score (nSPS) is 12.7. The molecule has 0 saturated carbocycles. The third-order valence-corrected chi connectivity index (χ3v) is 6.77. The van der Waals surface area contributed by atoms with Crippen molar-refractivity contribution < 1.29 is 18.0 Å². The lowest BCUT2D eigenvalue weighted by Gasteiger charge is -2.33. The molecule has 9 heteroatoms. The van der Waals surface area contributed by atoms with Gasteiger partial charge < -0.3 is 10.2 Å². The average molecular weight is 508 g/mol. The zero-order valence-corrected chi connectivity index (χ0v) is 22.4. The lowest BCUT2D eigenvalue weighted by molar-refractivity contribution is -0.140. The Labute approximate surface area is 208 Å². The smallest absolute Gasteiger partial charge is 0.244 e. The zero-order chi connectivity index (χ0) is 25.8. The van der Waals surface area contributed by atoms with Crippen molar-refractivity contribution >= 4 is 39.1 Å². The van der Waals surface area contributed by atoms with Gasteiger partial charge in [-0.2, -0.15) is 0 Å². The van der Waals surface area contributed by atoms with Crippen LogP contribution in [0.15, 0.2) is 42.5 Å². The highest BCUT2D eigenvalue weighted by molar-refractivity contribution is 7.92. The highest BCUT2D eigenvalue weighted by Crippen LogP contribution is 2.25. The van der Waals surface area contributed by atoms with E-state index < -0.39 is 34.1 Å². The molecule has 2 rings (SSSR count). The van der Waals surface area contributed by atoms with E-state index in [0.717, 1.165) is 27.3 Å². The quantitative estimate of drug-likeness (QED) is 0.583. The van der Waals surface area contributed by atoms with Crippen molar-refractivity contribution in [3.05, 3.63) is 64.2 Å². The molecule has 0 fully saturated rings. The lowest BCUT2D eigenvalue weighted by Crippen LogP contribution is -2.54. The molecule has 186 valence electrons. The largest absolute Gasteiger partial charge is 0.350 e. The number of anilines is 1. The number of amides is 2. The van der Waals surface area contributed by atoms with E-state index in [1.54, 1.807) is 26.0 Å². The van der Waals surface area contributed by atoms with Crippen LogP contribution in [0.4, 0.5) is 5.69 Å². The molecule has 7 nitrogen and oxygen atoms in total. The number of rotatable bonds is 8. The third-order valence-electron chi connectivity index (χ3n) is 5.22. The average Bonchev–Trinajstić information content (AvgIpc) is 2.69. The Bertz CT molecular complexity index is 1160. The second kappa shape index (κ2) is 10.8. The van der Waals surface area contributed by atoms with Gasteiger partial charge in [-0.15, -0.1) is 0 Å². The molecule has 0 aliphatic carbocycles. The van der Waals surface area contributed by atoms with Crippen LogP contribution in [0.5, 0.6) is 0 Å². The van der Waals surface area contributed by atoms with Crippen LogP contribution in [0.3, 0.4) is 0 Å². The molecule has 0 aromatic heterocycles. The summed E-state index contributed by atoms with van der Waals surface area (Å²) in [7, 11) is -3.80. The minimum atomic E-state index is -3.80. The molecule has 0 radical (unpaired) electrons. The van der Waals surface area contributed by atoms with E-state index in [1.165, 1.54) is 11.0 Å². The van der Waals surface area contributed by atoms with Crippen molar-refractivity contribution in [2.24, 2.45) is 0 Å². The van der Waals surface area contributed by atoms with Crippen LogP contribution in [0.25, 0.3) is 0 Å². The first-order valence-corrected chi connectivity index (χ1v) is 13.2. The number of aryl methyl sites for hydroxylation is 2. The van der Waals surface area contributed by atoms with E-state index in [-0.39, 0.29) is 18.1 Å². The Balaban J connectivity index is 2.43. The fraction of sp³-hybridized carbons (Fsp3) is 0.440. The fourth-order valence-electron chi connectivity index (χ4n) is 3.41. The summed E-state index contributed by atoms with van der Waals surface area (Å²) in [6.45, 7) is 10.7. The highest BCUT2D eigenvalue weighted by Gasteiger charge is 2.31. The summed E-state index contributed by atoms with van der Waals surface area (Å²) in [6, 6.07) is 11.6. The topological polar surface area (TPSA) is 86.8 Å². The number of hydrogen-bond acceptors (Lipinski definition) is 4. The molecule has 1 N–H and O–H groups in total. The SMILES string of the molecule is Cc1cccc(CN(C(=O)CN(c2ccc(C)c(Cl)c2)S(C)(=O)=O)[C@@H](C)C(=O)NC(C)(C)C)c1. The molecule has 2 aromatic rings. The molecule has 1 atom stereocenters. The van der Waals surface area contributed by atoms with Gasteiger partial charge in [0.1, 0.15) is 12.6 Å². The van der Waals surface area contributed by atoms with E-state index in [1.807, 2.05) is 52.0 Å². The third kappa shape index (κ3) is 7.74. The van der Waals surface area contributed by atoms with Gasteiger partial charge in [0.2, 0.25) is 21.8 Å². The summed E-state index contributed by atoms with van der Waals surface area (Å²) in [5.41, 5.74) is 2.45. The van der Waals surface area contributed by atoms with Crippen LogP contribution in [0, 0.1) is 13.8 Å². The number of hydrogen-bond donors (Lipinski definition) is 1. The maximum atomic E-state index is 13.5. The zero-order valence-electron chi connectivity index (χ0n) is 20.8. The molecule has 0 unspecified atom stereocenters. The Kier molecular flexibility index (Phi) is 8.77. The van der Waals surface area contributed by atoms with Crippen LogP contribution in [0.2, 0.25) is 5.02 Å². The number of nitrogens with one attached hydrogen (secondary N) is 1. The Morgan fingerprint density at radius 2 is 1.74 bits per heavy atom. The summed E-state index contributed by atoms with van der Waals surface area (Å²) < 4.78 is 26.2. The minimum absolute atomic E-state index is 0.158. The number of halogens is 1. The van der Waals surface area contributed by atoms with E-state index in [4.69, 9.17) is 11.6 Å². The van der Waals surface area contributed by atoms with Gasteiger partial charge in [0.15, 0.2) is 0 Å². The Morgan fingerprint density at radius 3 is 2.26 bits per heavy atom. The van der Waals surface area contributed by atoms with Crippen LogP contribution >= 0.6 is 11.6 Å². The predicted octanol–water partition coefficient (Wildman–Crippen LogP) is 4.05. The van der Waals surface area contributed by atoms with Gasteiger partial charge in [-0.3, -0.25) is 13.9 Å². The fourth-order valence-corrected chi connectivity index (χ4v) is 4.43.